The smallest absolute Gasteiger partial charge is 0.149 e. The first-order valence-electron chi connectivity index (χ1n) is 4.72. The summed E-state index contributed by atoms with van der Waals surface area (Å²) >= 11 is 0. The fourth-order valence-corrected chi connectivity index (χ4v) is 1.52. The number of hydroxylamine groups is 4. The van der Waals surface area contributed by atoms with E-state index in [9.17, 15) is 10.4 Å². The molecule has 0 aliphatic carbocycles. The molecule has 2 N–H and O–H groups in total. The van der Waals surface area contributed by atoms with E-state index in [1.54, 1.807) is 14.1 Å². The van der Waals surface area contributed by atoms with Crippen LogP contribution in [0, 0.1) is 10.4 Å². The molecule has 0 aromatic rings. The molecule has 0 radical (unpaired) electrons. The summed E-state index contributed by atoms with van der Waals surface area (Å²) in [5.74, 6) is 0. The molecule has 4 nitrogen and oxygen atoms in total. The third kappa shape index (κ3) is 2.02. The maximum atomic E-state index is 11.5. The van der Waals surface area contributed by atoms with Gasteiger partial charge in [-0.25, -0.2) is 0 Å². The minimum absolute atomic E-state index is 0.0760. The van der Waals surface area contributed by atoms with Crippen LogP contribution in [0.5, 0.6) is 0 Å². The molecule has 0 aliphatic heterocycles. The summed E-state index contributed by atoms with van der Waals surface area (Å²) in [6, 6.07) is 0. The highest BCUT2D eigenvalue weighted by Crippen LogP contribution is 2.18. The van der Waals surface area contributed by atoms with Crippen molar-refractivity contribution < 1.29 is 10.1 Å². The van der Waals surface area contributed by atoms with Gasteiger partial charge in [-0.3, -0.25) is 0 Å². The largest absolute Gasteiger partial charge is 0.634 e. The van der Waals surface area contributed by atoms with E-state index in [1.165, 1.54) is 0 Å². The zero-order chi connectivity index (χ0) is 10.9. The molecule has 0 heterocycles. The van der Waals surface area contributed by atoms with Gasteiger partial charge in [0.1, 0.15) is 11.1 Å². The molecule has 13 heavy (non-hydrogen) atoms. The minimum atomic E-state index is -0.562. The molecular weight excluding hydrogens is 168 g/mol. The normalized spacial score (nSPS) is 22.2. The molecule has 0 rings (SSSR count). The molecule has 0 saturated carbocycles. The number of likely N-dealkylation sites (N-methyl/N-ethyl adjacent to an activating group) is 2. The van der Waals surface area contributed by atoms with Crippen molar-refractivity contribution in [2.75, 3.05) is 14.1 Å². The number of quaternary nitrogens is 2. The Hall–Kier alpha value is -0.160. The van der Waals surface area contributed by atoms with E-state index in [0.29, 0.717) is 6.42 Å². The second-order valence-electron chi connectivity index (χ2n) is 4.42. The Balaban J connectivity index is 4.95. The Morgan fingerprint density at radius 3 is 1.46 bits per heavy atom. The molecule has 0 saturated heterocycles. The van der Waals surface area contributed by atoms with E-state index in [-0.39, 0.29) is 10.1 Å². The second kappa shape index (κ2) is 3.92. The van der Waals surface area contributed by atoms with Gasteiger partial charge in [-0.15, -0.1) is 0 Å². The molecule has 0 aliphatic rings. The first-order chi connectivity index (χ1) is 5.70. The van der Waals surface area contributed by atoms with Crippen LogP contribution in [0.3, 0.4) is 0 Å². The Morgan fingerprint density at radius 1 is 1.00 bits per heavy atom. The lowest BCUT2D eigenvalue weighted by Gasteiger charge is -2.51. The van der Waals surface area contributed by atoms with Crippen molar-refractivity contribution in [2.45, 2.75) is 45.2 Å². The maximum Gasteiger partial charge on any atom is 0.149 e. The van der Waals surface area contributed by atoms with E-state index in [4.69, 9.17) is 0 Å². The summed E-state index contributed by atoms with van der Waals surface area (Å²) in [5, 5.41) is 23.1. The van der Waals surface area contributed by atoms with Crippen LogP contribution in [-0.2, 0) is 0 Å². The lowest BCUT2D eigenvalue weighted by atomic mass is 9.78. The Kier molecular flexibility index (Phi) is 3.87. The highest BCUT2D eigenvalue weighted by Gasteiger charge is 2.48. The van der Waals surface area contributed by atoms with Crippen molar-refractivity contribution in [2.24, 2.45) is 0 Å². The van der Waals surface area contributed by atoms with Crippen molar-refractivity contribution >= 4 is 0 Å². The zero-order valence-corrected chi connectivity index (χ0v) is 9.52. The SMILES string of the molecule is CCC(C)([NH+](C)[O-])C(C)(C)[NH+](C)[O-]. The van der Waals surface area contributed by atoms with Gasteiger partial charge in [0.05, 0.1) is 14.1 Å². The van der Waals surface area contributed by atoms with Crippen molar-refractivity contribution in [1.82, 2.24) is 0 Å². The molecule has 4 heteroatoms. The summed E-state index contributed by atoms with van der Waals surface area (Å²) in [4.78, 5) is 0. The highest BCUT2D eigenvalue weighted by molar-refractivity contribution is 4.89. The lowest BCUT2D eigenvalue weighted by molar-refractivity contribution is -0.971. The molecule has 0 spiro atoms. The van der Waals surface area contributed by atoms with E-state index < -0.39 is 11.1 Å². The Morgan fingerprint density at radius 2 is 1.38 bits per heavy atom. The number of hydrogen-bond donors (Lipinski definition) is 2. The first-order valence-corrected chi connectivity index (χ1v) is 4.72. The molecular formula is C9H22N2O2. The van der Waals surface area contributed by atoms with Crippen molar-refractivity contribution in [1.29, 1.82) is 0 Å². The minimum Gasteiger partial charge on any atom is -0.634 e. The van der Waals surface area contributed by atoms with Crippen LogP contribution in [0.1, 0.15) is 34.1 Å². The van der Waals surface area contributed by atoms with E-state index in [0.717, 1.165) is 0 Å². The average molecular weight is 190 g/mol. The predicted octanol–water partition coefficient (Wildman–Crippen LogP) is -1.04. The van der Waals surface area contributed by atoms with Crippen molar-refractivity contribution in [3.8, 4) is 0 Å². The molecule has 0 amide bonds. The van der Waals surface area contributed by atoms with Gasteiger partial charge < -0.3 is 20.5 Å². The van der Waals surface area contributed by atoms with Crippen LogP contribution in [0.15, 0.2) is 0 Å². The van der Waals surface area contributed by atoms with Crippen LogP contribution in [0.4, 0.5) is 0 Å². The van der Waals surface area contributed by atoms with Gasteiger partial charge in [0.15, 0.2) is 0 Å². The molecule has 0 fully saturated rings. The number of hydrogen-bond acceptors (Lipinski definition) is 2. The molecule has 0 aromatic heterocycles. The maximum absolute atomic E-state index is 11.5. The molecule has 0 aromatic carbocycles. The summed E-state index contributed by atoms with van der Waals surface area (Å²) < 4.78 is 0. The van der Waals surface area contributed by atoms with Crippen LogP contribution in [-0.4, -0.2) is 25.2 Å². The van der Waals surface area contributed by atoms with Crippen molar-refractivity contribution in [3.05, 3.63) is 10.4 Å². The van der Waals surface area contributed by atoms with Gasteiger partial charge >= 0.3 is 0 Å². The lowest BCUT2D eigenvalue weighted by Crippen LogP contribution is -3.26. The average Bonchev–Trinajstić information content (AvgIpc) is 2.01. The Labute approximate surface area is 80.7 Å². The van der Waals surface area contributed by atoms with Gasteiger partial charge in [0.2, 0.25) is 0 Å². The van der Waals surface area contributed by atoms with Crippen LogP contribution in [0.2, 0.25) is 0 Å². The molecule has 3 atom stereocenters. The predicted molar refractivity (Wildman–Crippen MR) is 53.3 cm³/mol. The molecule has 3 unspecified atom stereocenters. The van der Waals surface area contributed by atoms with Gasteiger partial charge in [-0.05, 0) is 20.8 Å². The summed E-state index contributed by atoms with van der Waals surface area (Å²) in [7, 11) is 3.12. The number of nitrogens with one attached hydrogen (secondary N) is 2. The third-order valence-electron chi connectivity index (χ3n) is 3.74. The summed E-state index contributed by atoms with van der Waals surface area (Å²) in [6.45, 7) is 7.52. The van der Waals surface area contributed by atoms with E-state index in [1.807, 2.05) is 27.7 Å². The van der Waals surface area contributed by atoms with Crippen LogP contribution in [0.25, 0.3) is 0 Å². The van der Waals surface area contributed by atoms with Crippen LogP contribution < -0.4 is 10.1 Å². The molecule has 80 valence electrons. The van der Waals surface area contributed by atoms with Gasteiger partial charge in [0, 0.05) is 6.42 Å². The number of rotatable bonds is 4. The molecule has 0 bridgehead atoms. The monoisotopic (exact) mass is 190 g/mol. The third-order valence-corrected chi connectivity index (χ3v) is 3.74. The second-order valence-corrected chi connectivity index (χ2v) is 4.42. The topological polar surface area (TPSA) is 55.0 Å². The zero-order valence-electron chi connectivity index (χ0n) is 9.52. The quantitative estimate of drug-likeness (QED) is 0.556. The standard InChI is InChI=1S/C9H22N2O2/c1-7-9(4,11(6)13)8(2,3)10(5)12/h10-11H,7H2,1-6H3. The first kappa shape index (κ1) is 12.8. The highest BCUT2D eigenvalue weighted by atomic mass is 16.5. The van der Waals surface area contributed by atoms with E-state index >= 15 is 0 Å². The van der Waals surface area contributed by atoms with Gasteiger partial charge in [-0.2, -0.15) is 0 Å². The van der Waals surface area contributed by atoms with Gasteiger partial charge in [0.25, 0.3) is 0 Å². The van der Waals surface area contributed by atoms with Gasteiger partial charge in [-0.1, -0.05) is 6.92 Å². The summed E-state index contributed by atoms with van der Waals surface area (Å²) in [5.41, 5.74) is -1.09. The van der Waals surface area contributed by atoms with Crippen molar-refractivity contribution in [3.63, 3.8) is 0 Å². The van der Waals surface area contributed by atoms with E-state index in [2.05, 4.69) is 0 Å². The fraction of sp³-hybridized carbons (Fsp3) is 1.00. The summed E-state index contributed by atoms with van der Waals surface area (Å²) in [6.07, 6.45) is 0.703. The fourth-order valence-electron chi connectivity index (χ4n) is 1.52. The Bertz CT molecular complexity index is 169. The van der Waals surface area contributed by atoms with Crippen LogP contribution >= 0.6 is 0 Å².